The molecule has 2 atom stereocenters. The van der Waals surface area contributed by atoms with Crippen LogP contribution in [-0.4, -0.2) is 76.8 Å². The Morgan fingerprint density at radius 1 is 1.06 bits per heavy atom. The first kappa shape index (κ1) is 22.7. The Hall–Kier alpha value is -2.49. The molecule has 1 aromatic heterocycles. The van der Waals surface area contributed by atoms with Gasteiger partial charge < -0.3 is 20.5 Å². The molecule has 2 aromatic rings. The summed E-state index contributed by atoms with van der Waals surface area (Å²) in [5, 5.41) is 3.20. The standard InChI is InChI=1S/C23H35N7O2/c1-16-12-30(13-17(2)32-16)14-18-8-10-29(11-9-18)15-21-26-22(24)28-23(27-21)25-19-6-4-5-7-20(19)31-3/h4-7,16-18H,8-15H2,1-3H3,(H3,24,25,26,27,28). The molecule has 174 valence electrons. The van der Waals surface area contributed by atoms with Crippen LogP contribution < -0.4 is 15.8 Å². The van der Waals surface area contributed by atoms with Gasteiger partial charge in [-0.2, -0.15) is 15.0 Å². The van der Waals surface area contributed by atoms with E-state index in [1.807, 2.05) is 24.3 Å². The highest BCUT2D eigenvalue weighted by atomic mass is 16.5. The van der Waals surface area contributed by atoms with Crippen LogP contribution in [0.5, 0.6) is 5.75 Å². The second-order valence-corrected chi connectivity index (χ2v) is 8.95. The lowest BCUT2D eigenvalue weighted by molar-refractivity contribution is -0.0732. The van der Waals surface area contributed by atoms with Gasteiger partial charge in [0, 0.05) is 19.6 Å². The van der Waals surface area contributed by atoms with Crippen molar-refractivity contribution in [3.8, 4) is 5.75 Å². The van der Waals surface area contributed by atoms with Gasteiger partial charge in [-0.05, 0) is 57.8 Å². The van der Waals surface area contributed by atoms with Gasteiger partial charge in [0.2, 0.25) is 11.9 Å². The second kappa shape index (κ2) is 10.4. The molecule has 3 N–H and O–H groups in total. The maximum Gasteiger partial charge on any atom is 0.232 e. The zero-order valence-corrected chi connectivity index (χ0v) is 19.3. The molecule has 2 saturated heterocycles. The Labute approximate surface area is 190 Å². The van der Waals surface area contributed by atoms with Gasteiger partial charge >= 0.3 is 0 Å². The number of aromatic nitrogens is 3. The Bertz CT molecular complexity index is 878. The smallest absolute Gasteiger partial charge is 0.232 e. The van der Waals surface area contributed by atoms with Crippen molar-refractivity contribution >= 4 is 17.6 Å². The number of methoxy groups -OCH3 is 1. The third-order valence-corrected chi connectivity index (χ3v) is 6.14. The SMILES string of the molecule is COc1ccccc1Nc1nc(N)nc(CN2CCC(CN3CC(C)OC(C)C3)CC2)n1. The van der Waals surface area contributed by atoms with E-state index in [2.05, 4.69) is 43.9 Å². The van der Waals surface area contributed by atoms with Gasteiger partial charge in [0.15, 0.2) is 0 Å². The number of benzene rings is 1. The number of para-hydroxylation sites is 2. The number of anilines is 3. The maximum atomic E-state index is 5.97. The molecule has 0 spiro atoms. The molecular formula is C23H35N7O2. The second-order valence-electron chi connectivity index (χ2n) is 8.95. The number of nitrogens with zero attached hydrogens (tertiary/aromatic N) is 5. The van der Waals surface area contributed by atoms with Crippen LogP contribution in [0.15, 0.2) is 24.3 Å². The molecule has 3 heterocycles. The van der Waals surface area contributed by atoms with Gasteiger partial charge in [0.1, 0.15) is 11.6 Å². The number of nitrogen functional groups attached to an aromatic ring is 1. The minimum absolute atomic E-state index is 0.220. The number of likely N-dealkylation sites (tertiary alicyclic amines) is 1. The van der Waals surface area contributed by atoms with Gasteiger partial charge in [0.25, 0.3) is 0 Å². The highest BCUT2D eigenvalue weighted by molar-refractivity contribution is 5.62. The van der Waals surface area contributed by atoms with Crippen LogP contribution in [0.1, 0.15) is 32.5 Å². The van der Waals surface area contributed by atoms with E-state index in [4.69, 9.17) is 15.2 Å². The lowest BCUT2D eigenvalue weighted by atomic mass is 9.95. The van der Waals surface area contributed by atoms with Crippen LogP contribution in [0.3, 0.4) is 0 Å². The Kier molecular flexibility index (Phi) is 7.39. The first-order chi connectivity index (χ1) is 15.5. The summed E-state index contributed by atoms with van der Waals surface area (Å²) in [6.45, 7) is 10.3. The number of piperidine rings is 1. The third kappa shape index (κ3) is 6.05. The minimum atomic E-state index is 0.220. The Balaban J connectivity index is 1.31. The number of ether oxygens (including phenoxy) is 2. The lowest BCUT2D eigenvalue weighted by Gasteiger charge is -2.39. The molecule has 1 aromatic carbocycles. The van der Waals surface area contributed by atoms with Crippen LogP contribution >= 0.6 is 0 Å². The number of hydrogen-bond acceptors (Lipinski definition) is 9. The number of hydrogen-bond donors (Lipinski definition) is 2. The average molecular weight is 442 g/mol. The first-order valence-corrected chi connectivity index (χ1v) is 11.5. The van der Waals surface area contributed by atoms with Gasteiger partial charge in [-0.15, -0.1) is 0 Å². The van der Waals surface area contributed by atoms with E-state index in [1.165, 1.54) is 12.8 Å². The molecule has 0 aliphatic carbocycles. The fourth-order valence-electron chi connectivity index (χ4n) is 4.76. The van der Waals surface area contributed by atoms with Gasteiger partial charge in [0.05, 0.1) is 31.5 Å². The summed E-state index contributed by atoms with van der Waals surface area (Å²) in [6.07, 6.45) is 3.03. The van der Waals surface area contributed by atoms with E-state index in [1.54, 1.807) is 7.11 Å². The van der Waals surface area contributed by atoms with Crippen molar-refractivity contribution in [2.24, 2.45) is 5.92 Å². The molecule has 0 radical (unpaired) electrons. The highest BCUT2D eigenvalue weighted by Crippen LogP contribution is 2.26. The minimum Gasteiger partial charge on any atom is -0.495 e. The normalized spacial score (nSPS) is 23.2. The fraction of sp³-hybridized carbons (Fsp3) is 0.609. The Morgan fingerprint density at radius 3 is 2.50 bits per heavy atom. The lowest BCUT2D eigenvalue weighted by Crippen LogP contribution is -2.48. The first-order valence-electron chi connectivity index (χ1n) is 11.5. The van der Waals surface area contributed by atoms with Crippen molar-refractivity contribution in [1.29, 1.82) is 0 Å². The van der Waals surface area contributed by atoms with Crippen LogP contribution in [0.2, 0.25) is 0 Å². The van der Waals surface area contributed by atoms with Gasteiger partial charge in [-0.25, -0.2) is 0 Å². The molecule has 9 heteroatoms. The van der Waals surface area contributed by atoms with E-state index in [0.717, 1.165) is 50.1 Å². The number of morpholine rings is 1. The predicted octanol–water partition coefficient (Wildman–Crippen LogP) is 2.53. The molecule has 9 nitrogen and oxygen atoms in total. The van der Waals surface area contributed by atoms with Crippen LogP contribution in [0.25, 0.3) is 0 Å². The molecule has 0 saturated carbocycles. The number of nitrogens with two attached hydrogens (primary N) is 1. The molecule has 0 bridgehead atoms. The van der Waals surface area contributed by atoms with Crippen LogP contribution in [-0.2, 0) is 11.3 Å². The number of nitrogens with one attached hydrogen (secondary N) is 1. The van der Waals surface area contributed by atoms with E-state index in [-0.39, 0.29) is 5.95 Å². The van der Waals surface area contributed by atoms with Crippen LogP contribution in [0, 0.1) is 5.92 Å². The molecule has 2 fully saturated rings. The molecule has 2 unspecified atom stereocenters. The molecule has 2 aliphatic rings. The Morgan fingerprint density at radius 2 is 1.78 bits per heavy atom. The van der Waals surface area contributed by atoms with Gasteiger partial charge in [-0.1, -0.05) is 12.1 Å². The molecule has 0 amide bonds. The predicted molar refractivity (Wildman–Crippen MR) is 125 cm³/mol. The summed E-state index contributed by atoms with van der Waals surface area (Å²) in [6, 6.07) is 7.65. The molecular weight excluding hydrogens is 406 g/mol. The maximum absolute atomic E-state index is 5.97. The van der Waals surface area contributed by atoms with Crippen molar-refractivity contribution in [3.05, 3.63) is 30.1 Å². The summed E-state index contributed by atoms with van der Waals surface area (Å²) >= 11 is 0. The van der Waals surface area contributed by atoms with E-state index >= 15 is 0 Å². The van der Waals surface area contributed by atoms with E-state index < -0.39 is 0 Å². The highest BCUT2D eigenvalue weighted by Gasteiger charge is 2.27. The zero-order chi connectivity index (χ0) is 22.5. The summed E-state index contributed by atoms with van der Waals surface area (Å²) in [4.78, 5) is 18.2. The fourth-order valence-corrected chi connectivity index (χ4v) is 4.76. The van der Waals surface area contributed by atoms with E-state index in [9.17, 15) is 0 Å². The molecule has 32 heavy (non-hydrogen) atoms. The van der Waals surface area contributed by atoms with Crippen molar-refractivity contribution in [2.45, 2.75) is 45.4 Å². The quantitative estimate of drug-likeness (QED) is 0.671. The largest absolute Gasteiger partial charge is 0.495 e. The average Bonchev–Trinajstić information content (AvgIpc) is 2.74. The van der Waals surface area contributed by atoms with Crippen LogP contribution in [0.4, 0.5) is 17.6 Å². The number of rotatable bonds is 7. The van der Waals surface area contributed by atoms with Crippen molar-refractivity contribution in [2.75, 3.05) is 50.9 Å². The summed E-state index contributed by atoms with van der Waals surface area (Å²) in [5.41, 5.74) is 6.76. The summed E-state index contributed by atoms with van der Waals surface area (Å²) in [5.74, 6) is 2.79. The molecule has 4 rings (SSSR count). The zero-order valence-electron chi connectivity index (χ0n) is 19.3. The van der Waals surface area contributed by atoms with Crippen molar-refractivity contribution in [3.63, 3.8) is 0 Å². The summed E-state index contributed by atoms with van der Waals surface area (Å²) in [7, 11) is 1.64. The molecule has 2 aliphatic heterocycles. The van der Waals surface area contributed by atoms with Crippen molar-refractivity contribution in [1.82, 2.24) is 24.8 Å². The van der Waals surface area contributed by atoms with E-state index in [0.29, 0.717) is 30.5 Å². The summed E-state index contributed by atoms with van der Waals surface area (Å²) < 4.78 is 11.3. The topological polar surface area (TPSA) is 102 Å². The van der Waals surface area contributed by atoms with Crippen molar-refractivity contribution < 1.29 is 9.47 Å². The monoisotopic (exact) mass is 441 g/mol. The third-order valence-electron chi connectivity index (χ3n) is 6.14. The van der Waals surface area contributed by atoms with Gasteiger partial charge in [-0.3, -0.25) is 9.80 Å².